The van der Waals surface area contributed by atoms with Gasteiger partial charge in [-0.05, 0) is 42.0 Å². The van der Waals surface area contributed by atoms with Crippen LogP contribution in [0.15, 0.2) is 47.0 Å². The number of methoxy groups -OCH3 is 1. The van der Waals surface area contributed by atoms with E-state index in [9.17, 15) is 18.0 Å². The molecule has 0 aliphatic rings. The summed E-state index contributed by atoms with van der Waals surface area (Å²) >= 11 is 0. The molecule has 3 rings (SSSR count). The van der Waals surface area contributed by atoms with Gasteiger partial charge in [0.05, 0.1) is 7.11 Å². The summed E-state index contributed by atoms with van der Waals surface area (Å²) in [5.74, 6) is 0.0830. The summed E-state index contributed by atoms with van der Waals surface area (Å²) in [5.41, 5.74) is 1.20. The summed E-state index contributed by atoms with van der Waals surface area (Å²) in [5, 5.41) is 3.84. The van der Waals surface area contributed by atoms with Gasteiger partial charge in [-0.1, -0.05) is 11.2 Å². The maximum atomic E-state index is 13.0. The van der Waals surface area contributed by atoms with Gasteiger partial charge in [0.2, 0.25) is 17.6 Å². The molecule has 1 aromatic heterocycles. The van der Waals surface area contributed by atoms with E-state index in [4.69, 9.17) is 9.26 Å². The van der Waals surface area contributed by atoms with Gasteiger partial charge in [0, 0.05) is 32.0 Å². The molecule has 1 amide bonds. The zero-order valence-electron chi connectivity index (χ0n) is 16.8. The molecule has 0 saturated heterocycles. The lowest BCUT2D eigenvalue weighted by molar-refractivity contribution is -0.130. The SMILES string of the molecule is COc1ccc(CN(C)C(=O)CCc2nc(-c3ccc(F)cc3)no2)cc1OC(F)F. The Labute approximate surface area is 176 Å². The smallest absolute Gasteiger partial charge is 0.387 e. The van der Waals surface area contributed by atoms with Crippen molar-refractivity contribution in [2.24, 2.45) is 0 Å². The highest BCUT2D eigenvalue weighted by molar-refractivity contribution is 5.76. The van der Waals surface area contributed by atoms with E-state index in [1.54, 1.807) is 13.1 Å². The number of alkyl halides is 2. The second kappa shape index (κ2) is 9.96. The molecule has 10 heteroatoms. The number of carbonyl (C=O) groups excluding carboxylic acids is 1. The van der Waals surface area contributed by atoms with E-state index in [1.165, 1.54) is 48.4 Å². The molecular formula is C21H20F3N3O4. The van der Waals surface area contributed by atoms with E-state index in [0.717, 1.165) is 0 Å². The molecular weight excluding hydrogens is 415 g/mol. The van der Waals surface area contributed by atoms with Crippen molar-refractivity contribution in [2.45, 2.75) is 26.0 Å². The second-order valence-corrected chi connectivity index (χ2v) is 6.63. The predicted molar refractivity (Wildman–Crippen MR) is 104 cm³/mol. The van der Waals surface area contributed by atoms with Crippen LogP contribution >= 0.6 is 0 Å². The first kappa shape index (κ1) is 22.1. The van der Waals surface area contributed by atoms with Crippen LogP contribution in [0.2, 0.25) is 0 Å². The maximum Gasteiger partial charge on any atom is 0.387 e. The summed E-state index contributed by atoms with van der Waals surface area (Å²) < 4.78 is 52.8. The fraction of sp³-hybridized carbons (Fsp3) is 0.286. The van der Waals surface area contributed by atoms with Gasteiger partial charge in [-0.25, -0.2) is 4.39 Å². The Balaban J connectivity index is 1.57. The fourth-order valence-electron chi connectivity index (χ4n) is 2.85. The first-order chi connectivity index (χ1) is 14.9. The fourth-order valence-corrected chi connectivity index (χ4v) is 2.85. The van der Waals surface area contributed by atoms with Crippen LogP contribution in [0.25, 0.3) is 11.4 Å². The first-order valence-corrected chi connectivity index (χ1v) is 9.30. The number of hydrogen-bond donors (Lipinski definition) is 0. The Hall–Kier alpha value is -3.56. The van der Waals surface area contributed by atoms with Crippen LogP contribution < -0.4 is 9.47 Å². The molecule has 0 bridgehead atoms. The summed E-state index contributed by atoms with van der Waals surface area (Å²) in [7, 11) is 2.94. The number of amides is 1. The van der Waals surface area contributed by atoms with Crippen molar-refractivity contribution in [3.63, 3.8) is 0 Å². The van der Waals surface area contributed by atoms with Crippen molar-refractivity contribution in [1.82, 2.24) is 15.0 Å². The molecule has 2 aromatic carbocycles. The molecule has 0 aliphatic carbocycles. The molecule has 3 aromatic rings. The lowest BCUT2D eigenvalue weighted by atomic mass is 10.1. The molecule has 0 atom stereocenters. The van der Waals surface area contributed by atoms with Crippen molar-refractivity contribution < 1.29 is 32.0 Å². The predicted octanol–water partition coefficient (Wildman–Crippen LogP) is 4.08. The van der Waals surface area contributed by atoms with Gasteiger partial charge in [-0.15, -0.1) is 0 Å². The number of nitrogens with zero attached hydrogens (tertiary/aromatic N) is 3. The molecule has 31 heavy (non-hydrogen) atoms. The lowest BCUT2D eigenvalue weighted by Gasteiger charge is -2.18. The Morgan fingerprint density at radius 1 is 1.16 bits per heavy atom. The quantitative estimate of drug-likeness (QED) is 0.504. The van der Waals surface area contributed by atoms with Gasteiger partial charge in [-0.2, -0.15) is 13.8 Å². The number of rotatable bonds is 9. The minimum absolute atomic E-state index is 0.102. The molecule has 0 saturated carbocycles. The van der Waals surface area contributed by atoms with Crippen molar-refractivity contribution >= 4 is 5.91 Å². The van der Waals surface area contributed by atoms with Crippen LogP contribution in [0.5, 0.6) is 11.5 Å². The molecule has 0 aliphatic heterocycles. The van der Waals surface area contributed by atoms with E-state index >= 15 is 0 Å². The zero-order chi connectivity index (χ0) is 22.4. The lowest BCUT2D eigenvalue weighted by Crippen LogP contribution is -2.26. The summed E-state index contributed by atoms with van der Waals surface area (Å²) in [6, 6.07) is 10.2. The first-order valence-electron chi connectivity index (χ1n) is 9.30. The van der Waals surface area contributed by atoms with E-state index in [-0.39, 0.29) is 48.5 Å². The molecule has 0 spiro atoms. The monoisotopic (exact) mass is 435 g/mol. The minimum atomic E-state index is -2.99. The Morgan fingerprint density at radius 3 is 2.58 bits per heavy atom. The van der Waals surface area contributed by atoms with Crippen LogP contribution in [0.3, 0.4) is 0 Å². The van der Waals surface area contributed by atoms with Crippen LogP contribution in [0.4, 0.5) is 13.2 Å². The Morgan fingerprint density at radius 2 is 1.90 bits per heavy atom. The van der Waals surface area contributed by atoms with E-state index in [0.29, 0.717) is 17.0 Å². The number of aromatic nitrogens is 2. The average molecular weight is 435 g/mol. The third-order valence-corrected chi connectivity index (χ3v) is 4.41. The van der Waals surface area contributed by atoms with Crippen molar-refractivity contribution in [3.8, 4) is 22.9 Å². The van der Waals surface area contributed by atoms with Crippen LogP contribution in [0, 0.1) is 5.82 Å². The topological polar surface area (TPSA) is 77.7 Å². The molecule has 0 fully saturated rings. The van der Waals surface area contributed by atoms with Crippen LogP contribution in [-0.4, -0.2) is 41.7 Å². The van der Waals surface area contributed by atoms with Crippen LogP contribution in [0.1, 0.15) is 17.9 Å². The number of halogens is 3. The van der Waals surface area contributed by atoms with Gasteiger partial charge < -0.3 is 18.9 Å². The molecule has 0 unspecified atom stereocenters. The number of hydrogen-bond acceptors (Lipinski definition) is 6. The standard InChI is InChI=1S/C21H20F3N3O4/c1-27(12-13-3-8-16(29-2)17(11-13)30-21(23)24)19(28)10-9-18-25-20(26-31-18)14-4-6-15(22)7-5-14/h3-8,11,21H,9-10,12H2,1-2H3. The molecule has 1 heterocycles. The third kappa shape index (κ3) is 5.97. The summed E-state index contributed by atoms with van der Waals surface area (Å²) in [6.45, 7) is -2.80. The second-order valence-electron chi connectivity index (χ2n) is 6.63. The zero-order valence-corrected chi connectivity index (χ0v) is 16.8. The minimum Gasteiger partial charge on any atom is -0.493 e. The normalized spacial score (nSPS) is 10.9. The molecule has 0 N–H and O–H groups in total. The van der Waals surface area contributed by atoms with Gasteiger partial charge in [0.25, 0.3) is 0 Å². The van der Waals surface area contributed by atoms with Gasteiger partial charge >= 0.3 is 6.61 Å². The highest BCUT2D eigenvalue weighted by atomic mass is 19.3. The Kier molecular flexibility index (Phi) is 7.11. The molecule has 0 radical (unpaired) electrons. The summed E-state index contributed by atoms with van der Waals surface area (Å²) in [6.07, 6.45) is 0.331. The van der Waals surface area contributed by atoms with Crippen molar-refractivity contribution in [1.29, 1.82) is 0 Å². The van der Waals surface area contributed by atoms with Crippen molar-refractivity contribution in [2.75, 3.05) is 14.2 Å². The Bertz CT molecular complexity index is 1020. The molecule has 164 valence electrons. The number of aryl methyl sites for hydroxylation is 1. The number of benzene rings is 2. The van der Waals surface area contributed by atoms with E-state index in [1.807, 2.05) is 0 Å². The summed E-state index contributed by atoms with van der Waals surface area (Å²) in [4.78, 5) is 18.1. The van der Waals surface area contributed by atoms with Gasteiger partial charge in [0.15, 0.2) is 11.5 Å². The average Bonchev–Trinajstić information content (AvgIpc) is 3.21. The third-order valence-electron chi connectivity index (χ3n) is 4.41. The van der Waals surface area contributed by atoms with Crippen LogP contribution in [-0.2, 0) is 17.8 Å². The molecule has 7 nitrogen and oxygen atoms in total. The highest BCUT2D eigenvalue weighted by Crippen LogP contribution is 2.30. The largest absolute Gasteiger partial charge is 0.493 e. The van der Waals surface area contributed by atoms with Gasteiger partial charge in [0.1, 0.15) is 5.82 Å². The number of carbonyl (C=O) groups is 1. The van der Waals surface area contributed by atoms with E-state index in [2.05, 4.69) is 14.9 Å². The van der Waals surface area contributed by atoms with Crippen molar-refractivity contribution in [3.05, 3.63) is 59.7 Å². The highest BCUT2D eigenvalue weighted by Gasteiger charge is 2.16. The number of ether oxygens (including phenoxy) is 2. The van der Waals surface area contributed by atoms with E-state index < -0.39 is 6.61 Å². The maximum absolute atomic E-state index is 13.0. The van der Waals surface area contributed by atoms with Gasteiger partial charge in [-0.3, -0.25) is 4.79 Å².